The monoisotopic (exact) mass is 240 g/mol. The fourth-order valence-electron chi connectivity index (χ4n) is 1.40. The van der Waals surface area contributed by atoms with Crippen LogP contribution in [0.3, 0.4) is 0 Å². The summed E-state index contributed by atoms with van der Waals surface area (Å²) in [7, 11) is 1.71. The molecule has 1 heterocycles. The second kappa shape index (κ2) is 7.64. The van der Waals surface area contributed by atoms with E-state index in [9.17, 15) is 0 Å². The summed E-state index contributed by atoms with van der Waals surface area (Å²) in [6.07, 6.45) is 3.24. The number of hydrogen-bond acceptors (Lipinski definition) is 7. The van der Waals surface area contributed by atoms with E-state index in [-0.39, 0.29) is 5.95 Å². The van der Waals surface area contributed by atoms with Gasteiger partial charge in [0.25, 0.3) is 0 Å². The fourth-order valence-corrected chi connectivity index (χ4v) is 1.40. The van der Waals surface area contributed by atoms with E-state index < -0.39 is 0 Å². The van der Waals surface area contributed by atoms with E-state index in [4.69, 9.17) is 16.3 Å². The molecule has 6 N–H and O–H groups in total. The number of methoxy groups -OCH3 is 1. The maximum atomic E-state index is 5.53. The van der Waals surface area contributed by atoms with Crippen LogP contribution in [0.15, 0.2) is 6.07 Å². The van der Waals surface area contributed by atoms with Crippen molar-refractivity contribution in [1.29, 1.82) is 0 Å². The van der Waals surface area contributed by atoms with E-state index >= 15 is 0 Å². The zero-order valence-corrected chi connectivity index (χ0v) is 10.1. The van der Waals surface area contributed by atoms with E-state index in [2.05, 4.69) is 20.7 Å². The Bertz CT molecular complexity index is 333. The summed E-state index contributed by atoms with van der Waals surface area (Å²) in [5.41, 5.74) is 7.97. The number of nitrogens with two attached hydrogens (primary N) is 2. The van der Waals surface area contributed by atoms with Gasteiger partial charge in [0.2, 0.25) is 5.95 Å². The van der Waals surface area contributed by atoms with Gasteiger partial charge in [-0.15, -0.1) is 0 Å². The molecule has 0 saturated carbocycles. The van der Waals surface area contributed by atoms with E-state index in [0.717, 1.165) is 32.4 Å². The molecule has 0 aliphatic carbocycles. The van der Waals surface area contributed by atoms with E-state index in [1.165, 1.54) is 0 Å². The van der Waals surface area contributed by atoms with Crippen LogP contribution >= 0.6 is 0 Å². The van der Waals surface area contributed by atoms with Crippen molar-refractivity contribution in [3.8, 4) is 0 Å². The largest absolute Gasteiger partial charge is 0.385 e. The molecule has 0 aromatic carbocycles. The van der Waals surface area contributed by atoms with Crippen molar-refractivity contribution in [3.05, 3.63) is 6.07 Å². The van der Waals surface area contributed by atoms with Gasteiger partial charge in [-0.1, -0.05) is 0 Å². The first-order chi connectivity index (χ1) is 8.26. The maximum absolute atomic E-state index is 5.53. The summed E-state index contributed by atoms with van der Waals surface area (Å²) in [6.45, 7) is 1.64. The number of rotatable bonds is 8. The molecule has 1 aromatic rings. The molecule has 1 rings (SSSR count). The van der Waals surface area contributed by atoms with Gasteiger partial charge in [0, 0.05) is 26.3 Å². The van der Waals surface area contributed by atoms with Crippen LogP contribution in [0.4, 0.5) is 17.6 Å². The molecule has 0 fully saturated rings. The quantitative estimate of drug-likeness (QED) is 0.298. The second-order valence-corrected chi connectivity index (χ2v) is 3.62. The Kier molecular flexibility index (Phi) is 6.05. The predicted octanol–water partition coefficient (Wildman–Crippen LogP) is 0.573. The Labute approximate surface area is 101 Å². The Balaban J connectivity index is 2.28. The first-order valence-corrected chi connectivity index (χ1v) is 5.60. The lowest BCUT2D eigenvalue weighted by Gasteiger charge is -2.07. The number of nitrogens with zero attached hydrogens (tertiary/aromatic N) is 2. The zero-order chi connectivity index (χ0) is 12.5. The topological polar surface area (TPSA) is 111 Å². The lowest BCUT2D eigenvalue weighted by Crippen LogP contribution is -2.12. The van der Waals surface area contributed by atoms with Gasteiger partial charge in [0.1, 0.15) is 11.6 Å². The average molecular weight is 240 g/mol. The maximum Gasteiger partial charge on any atom is 0.223 e. The molecular weight excluding hydrogens is 220 g/mol. The molecule has 0 radical (unpaired) electrons. The fraction of sp³-hybridized carbons (Fsp3) is 0.600. The molecule has 0 saturated heterocycles. The molecule has 0 unspecified atom stereocenters. The first-order valence-electron chi connectivity index (χ1n) is 5.60. The molecule has 0 aliphatic heterocycles. The molecule has 7 heteroatoms. The summed E-state index contributed by atoms with van der Waals surface area (Å²) < 4.78 is 4.97. The lowest BCUT2D eigenvalue weighted by molar-refractivity contribution is 0.192. The number of hydrazine groups is 1. The van der Waals surface area contributed by atoms with Crippen LogP contribution in [0.1, 0.15) is 19.3 Å². The third kappa shape index (κ3) is 5.32. The summed E-state index contributed by atoms with van der Waals surface area (Å²) in [5.74, 6) is 6.63. The summed E-state index contributed by atoms with van der Waals surface area (Å²) >= 11 is 0. The summed E-state index contributed by atoms with van der Waals surface area (Å²) in [4.78, 5) is 7.95. The predicted molar refractivity (Wildman–Crippen MR) is 68.5 cm³/mol. The number of hydrogen-bond donors (Lipinski definition) is 4. The van der Waals surface area contributed by atoms with Gasteiger partial charge >= 0.3 is 0 Å². The number of anilines is 3. The van der Waals surface area contributed by atoms with Crippen molar-refractivity contribution < 1.29 is 4.74 Å². The molecule has 1 aromatic heterocycles. The lowest BCUT2D eigenvalue weighted by atomic mass is 10.2. The average Bonchev–Trinajstić information content (AvgIpc) is 2.33. The Morgan fingerprint density at radius 1 is 1.24 bits per heavy atom. The van der Waals surface area contributed by atoms with Gasteiger partial charge in [-0.3, -0.25) is 0 Å². The third-order valence-corrected chi connectivity index (χ3v) is 2.22. The van der Waals surface area contributed by atoms with Crippen LogP contribution in [0.5, 0.6) is 0 Å². The van der Waals surface area contributed by atoms with Crippen molar-refractivity contribution in [2.24, 2.45) is 5.84 Å². The van der Waals surface area contributed by atoms with Crippen LogP contribution in [-0.2, 0) is 4.74 Å². The Morgan fingerprint density at radius 3 is 2.71 bits per heavy atom. The highest BCUT2D eigenvalue weighted by Gasteiger charge is 2.00. The third-order valence-electron chi connectivity index (χ3n) is 2.22. The van der Waals surface area contributed by atoms with Gasteiger partial charge in [-0.2, -0.15) is 9.97 Å². The minimum absolute atomic E-state index is 0.197. The van der Waals surface area contributed by atoms with Crippen molar-refractivity contribution in [2.45, 2.75) is 19.3 Å². The smallest absolute Gasteiger partial charge is 0.223 e. The minimum Gasteiger partial charge on any atom is -0.385 e. The molecule has 0 atom stereocenters. The van der Waals surface area contributed by atoms with Crippen LogP contribution < -0.4 is 22.3 Å². The van der Waals surface area contributed by atoms with Gasteiger partial charge in [0.15, 0.2) is 0 Å². The number of nitrogen functional groups attached to an aromatic ring is 2. The zero-order valence-electron chi connectivity index (χ0n) is 10.1. The molecule has 0 amide bonds. The molecule has 7 nitrogen and oxygen atoms in total. The SMILES string of the molecule is COCCCCCNc1cc(NN)nc(N)n1. The molecule has 0 aliphatic rings. The van der Waals surface area contributed by atoms with E-state index in [1.807, 2.05) is 0 Å². The Morgan fingerprint density at radius 2 is 2.00 bits per heavy atom. The highest BCUT2D eigenvalue weighted by atomic mass is 16.5. The summed E-state index contributed by atoms with van der Waals surface area (Å²) in [5, 5.41) is 3.17. The van der Waals surface area contributed by atoms with Crippen LogP contribution in [-0.4, -0.2) is 30.2 Å². The number of unbranched alkanes of at least 4 members (excludes halogenated alkanes) is 2. The van der Waals surface area contributed by atoms with Gasteiger partial charge in [-0.05, 0) is 19.3 Å². The highest BCUT2D eigenvalue weighted by molar-refractivity contribution is 5.50. The van der Waals surface area contributed by atoms with E-state index in [1.54, 1.807) is 13.2 Å². The highest BCUT2D eigenvalue weighted by Crippen LogP contribution is 2.11. The molecule has 17 heavy (non-hydrogen) atoms. The van der Waals surface area contributed by atoms with Crippen molar-refractivity contribution in [3.63, 3.8) is 0 Å². The van der Waals surface area contributed by atoms with Crippen molar-refractivity contribution in [1.82, 2.24) is 9.97 Å². The molecule has 96 valence electrons. The van der Waals surface area contributed by atoms with Crippen molar-refractivity contribution >= 4 is 17.6 Å². The molecule has 0 bridgehead atoms. The molecule has 0 spiro atoms. The normalized spacial score (nSPS) is 10.2. The van der Waals surface area contributed by atoms with Gasteiger partial charge < -0.3 is 21.2 Å². The standard InChI is InChI=1S/C10H20N6O/c1-17-6-4-2-3-5-13-8-7-9(16-12)15-10(11)14-8/h7H,2-6,12H2,1H3,(H4,11,13,14,15,16). The first kappa shape index (κ1) is 13.5. The van der Waals surface area contributed by atoms with Gasteiger partial charge in [0.05, 0.1) is 0 Å². The van der Waals surface area contributed by atoms with Crippen LogP contribution in [0.25, 0.3) is 0 Å². The van der Waals surface area contributed by atoms with Crippen LogP contribution in [0.2, 0.25) is 0 Å². The summed E-state index contributed by atoms with van der Waals surface area (Å²) in [6, 6.07) is 1.71. The number of nitrogens with one attached hydrogen (secondary N) is 2. The van der Waals surface area contributed by atoms with Gasteiger partial charge in [-0.25, -0.2) is 5.84 Å². The van der Waals surface area contributed by atoms with Crippen molar-refractivity contribution in [2.75, 3.05) is 36.7 Å². The minimum atomic E-state index is 0.197. The molecular formula is C10H20N6O. The second-order valence-electron chi connectivity index (χ2n) is 3.62. The Hall–Kier alpha value is -1.60. The van der Waals surface area contributed by atoms with Crippen LogP contribution in [0, 0.1) is 0 Å². The number of aromatic nitrogens is 2. The van der Waals surface area contributed by atoms with E-state index in [0.29, 0.717) is 11.6 Å². The number of ether oxygens (including phenoxy) is 1.